The molecule has 0 aliphatic carbocycles. The number of ether oxygens (including phenoxy) is 1. The van der Waals surface area contributed by atoms with E-state index in [4.69, 9.17) is 4.74 Å². The van der Waals surface area contributed by atoms with Crippen molar-refractivity contribution in [1.82, 2.24) is 0 Å². The standard InChI is InChI=1S/C13H19NO/c1-3-4-6-11-13(14-2)15-12-9-7-5-8-10-12/h5,7-10,13H,2-4,6,11H2,1H3. The van der Waals surface area contributed by atoms with Crippen LogP contribution in [0.15, 0.2) is 35.3 Å². The van der Waals surface area contributed by atoms with Crippen LogP contribution in [0.3, 0.4) is 0 Å². The third-order valence-corrected chi connectivity index (χ3v) is 2.27. The molecular weight excluding hydrogens is 186 g/mol. The first-order valence-corrected chi connectivity index (χ1v) is 5.54. The van der Waals surface area contributed by atoms with Gasteiger partial charge in [-0.05, 0) is 25.3 Å². The van der Waals surface area contributed by atoms with E-state index in [1.807, 2.05) is 30.3 Å². The number of unbranched alkanes of at least 4 members (excludes halogenated alkanes) is 2. The Balaban J connectivity index is 2.37. The van der Waals surface area contributed by atoms with E-state index in [0.717, 1.165) is 18.6 Å². The fourth-order valence-electron chi connectivity index (χ4n) is 1.41. The highest BCUT2D eigenvalue weighted by molar-refractivity contribution is 5.25. The Morgan fingerprint density at radius 3 is 2.60 bits per heavy atom. The molecule has 1 unspecified atom stereocenters. The number of benzene rings is 1. The Labute approximate surface area is 92.0 Å². The van der Waals surface area contributed by atoms with Crippen LogP contribution in [0.5, 0.6) is 5.75 Å². The second-order valence-electron chi connectivity index (χ2n) is 3.56. The quantitative estimate of drug-likeness (QED) is 0.491. The minimum atomic E-state index is -0.0982. The van der Waals surface area contributed by atoms with Gasteiger partial charge >= 0.3 is 0 Å². The van der Waals surface area contributed by atoms with Crippen molar-refractivity contribution in [3.8, 4) is 5.75 Å². The monoisotopic (exact) mass is 205 g/mol. The molecule has 0 aliphatic heterocycles. The highest BCUT2D eigenvalue weighted by atomic mass is 16.5. The van der Waals surface area contributed by atoms with Gasteiger partial charge in [0.05, 0.1) is 0 Å². The molecule has 1 rings (SSSR count). The van der Waals surface area contributed by atoms with Crippen LogP contribution >= 0.6 is 0 Å². The summed E-state index contributed by atoms with van der Waals surface area (Å²) in [5.74, 6) is 0.867. The van der Waals surface area contributed by atoms with E-state index < -0.39 is 0 Å². The molecule has 0 spiro atoms. The molecule has 82 valence electrons. The van der Waals surface area contributed by atoms with Gasteiger partial charge in [-0.3, -0.25) is 4.99 Å². The minimum Gasteiger partial charge on any atom is -0.469 e. The van der Waals surface area contributed by atoms with Crippen LogP contribution < -0.4 is 4.74 Å². The smallest absolute Gasteiger partial charge is 0.188 e. The molecule has 0 heterocycles. The molecule has 0 aromatic heterocycles. The molecular formula is C13H19NO. The number of hydrogen-bond donors (Lipinski definition) is 0. The second-order valence-corrected chi connectivity index (χ2v) is 3.56. The van der Waals surface area contributed by atoms with Crippen molar-refractivity contribution < 1.29 is 4.74 Å². The lowest BCUT2D eigenvalue weighted by atomic mass is 10.2. The molecule has 0 N–H and O–H groups in total. The lowest BCUT2D eigenvalue weighted by Crippen LogP contribution is -2.13. The first kappa shape index (κ1) is 11.8. The van der Waals surface area contributed by atoms with Crippen LogP contribution in [0.4, 0.5) is 0 Å². The summed E-state index contributed by atoms with van der Waals surface area (Å²) < 4.78 is 5.68. The van der Waals surface area contributed by atoms with E-state index >= 15 is 0 Å². The predicted molar refractivity (Wildman–Crippen MR) is 64.5 cm³/mol. The summed E-state index contributed by atoms with van der Waals surface area (Å²) in [4.78, 5) is 3.98. The zero-order valence-corrected chi connectivity index (χ0v) is 9.36. The Hall–Kier alpha value is -1.31. The number of hydrogen-bond acceptors (Lipinski definition) is 2. The highest BCUT2D eigenvalue weighted by Crippen LogP contribution is 2.14. The predicted octanol–water partition coefficient (Wildman–Crippen LogP) is 3.67. The van der Waals surface area contributed by atoms with Crippen molar-refractivity contribution in [2.24, 2.45) is 4.99 Å². The maximum absolute atomic E-state index is 5.68. The lowest BCUT2D eigenvalue weighted by Gasteiger charge is -2.14. The van der Waals surface area contributed by atoms with E-state index in [1.165, 1.54) is 12.8 Å². The zero-order chi connectivity index (χ0) is 10.9. The van der Waals surface area contributed by atoms with Crippen LogP contribution in [-0.2, 0) is 0 Å². The first-order chi connectivity index (χ1) is 7.36. The summed E-state index contributed by atoms with van der Waals surface area (Å²) in [5.41, 5.74) is 0. The lowest BCUT2D eigenvalue weighted by molar-refractivity contribution is 0.198. The van der Waals surface area contributed by atoms with Crippen LogP contribution in [-0.4, -0.2) is 12.9 Å². The Morgan fingerprint density at radius 1 is 1.27 bits per heavy atom. The molecule has 1 atom stereocenters. The molecule has 15 heavy (non-hydrogen) atoms. The van der Waals surface area contributed by atoms with E-state index in [2.05, 4.69) is 18.6 Å². The summed E-state index contributed by atoms with van der Waals surface area (Å²) in [6.07, 6.45) is 4.44. The first-order valence-electron chi connectivity index (χ1n) is 5.54. The molecule has 2 heteroatoms. The molecule has 0 saturated heterocycles. The van der Waals surface area contributed by atoms with Gasteiger partial charge in [0.2, 0.25) is 0 Å². The number of nitrogens with zero attached hydrogens (tertiary/aromatic N) is 1. The van der Waals surface area contributed by atoms with Gasteiger partial charge in [0.25, 0.3) is 0 Å². The van der Waals surface area contributed by atoms with Crippen molar-refractivity contribution in [3.05, 3.63) is 30.3 Å². The van der Waals surface area contributed by atoms with Gasteiger partial charge in [-0.25, -0.2) is 0 Å². The molecule has 1 aromatic carbocycles. The number of rotatable bonds is 7. The minimum absolute atomic E-state index is 0.0982. The molecule has 0 saturated carbocycles. The zero-order valence-electron chi connectivity index (χ0n) is 9.36. The van der Waals surface area contributed by atoms with E-state index in [1.54, 1.807) is 0 Å². The topological polar surface area (TPSA) is 21.6 Å². The van der Waals surface area contributed by atoms with Gasteiger partial charge in [0.1, 0.15) is 5.75 Å². The summed E-state index contributed by atoms with van der Waals surface area (Å²) in [7, 11) is 0. The fourth-order valence-corrected chi connectivity index (χ4v) is 1.41. The van der Waals surface area contributed by atoms with Crippen LogP contribution in [0.2, 0.25) is 0 Å². The summed E-state index contributed by atoms with van der Waals surface area (Å²) in [5, 5.41) is 0. The van der Waals surface area contributed by atoms with Crippen LogP contribution in [0, 0.1) is 0 Å². The SMILES string of the molecule is C=NC(CCCCC)Oc1ccccc1. The molecule has 0 bridgehead atoms. The van der Waals surface area contributed by atoms with Crippen molar-refractivity contribution in [1.29, 1.82) is 0 Å². The van der Waals surface area contributed by atoms with Crippen LogP contribution in [0.1, 0.15) is 32.6 Å². The van der Waals surface area contributed by atoms with Gasteiger partial charge in [-0.1, -0.05) is 38.0 Å². The van der Waals surface area contributed by atoms with Gasteiger partial charge in [-0.2, -0.15) is 0 Å². The van der Waals surface area contributed by atoms with Gasteiger partial charge in [-0.15, -0.1) is 0 Å². The third-order valence-electron chi connectivity index (χ3n) is 2.27. The molecule has 2 nitrogen and oxygen atoms in total. The van der Waals surface area contributed by atoms with Gasteiger partial charge in [0, 0.05) is 6.42 Å². The van der Waals surface area contributed by atoms with Crippen molar-refractivity contribution in [3.63, 3.8) is 0 Å². The second kappa shape index (κ2) is 7.04. The summed E-state index contributed by atoms with van der Waals surface area (Å²) >= 11 is 0. The van der Waals surface area contributed by atoms with Crippen LogP contribution in [0.25, 0.3) is 0 Å². The fraction of sp³-hybridized carbons (Fsp3) is 0.462. The van der Waals surface area contributed by atoms with Crippen molar-refractivity contribution >= 4 is 6.72 Å². The van der Waals surface area contributed by atoms with Crippen molar-refractivity contribution in [2.75, 3.05) is 0 Å². The van der Waals surface area contributed by atoms with E-state index in [0.29, 0.717) is 0 Å². The van der Waals surface area contributed by atoms with Crippen molar-refractivity contribution in [2.45, 2.75) is 38.8 Å². The average molecular weight is 205 g/mol. The number of aliphatic imine (C=N–C) groups is 1. The normalized spacial score (nSPS) is 12.1. The van der Waals surface area contributed by atoms with E-state index in [-0.39, 0.29) is 6.23 Å². The molecule has 0 fully saturated rings. The summed E-state index contributed by atoms with van der Waals surface area (Å²) in [6.45, 7) is 5.75. The Morgan fingerprint density at radius 2 is 2.00 bits per heavy atom. The largest absolute Gasteiger partial charge is 0.469 e. The Kier molecular flexibility index (Phi) is 5.52. The average Bonchev–Trinajstić information content (AvgIpc) is 2.29. The molecule has 0 radical (unpaired) electrons. The molecule has 1 aromatic rings. The molecule has 0 aliphatic rings. The van der Waals surface area contributed by atoms with E-state index in [9.17, 15) is 0 Å². The number of para-hydroxylation sites is 1. The maximum atomic E-state index is 5.68. The highest BCUT2D eigenvalue weighted by Gasteiger charge is 2.05. The summed E-state index contributed by atoms with van der Waals surface area (Å²) in [6, 6.07) is 9.78. The third kappa shape index (κ3) is 4.63. The molecule has 0 amide bonds. The maximum Gasteiger partial charge on any atom is 0.188 e. The van der Waals surface area contributed by atoms with Gasteiger partial charge < -0.3 is 4.74 Å². The van der Waals surface area contributed by atoms with Gasteiger partial charge in [0.15, 0.2) is 6.23 Å². The Bertz CT molecular complexity index is 271.